The number of ether oxygens (including phenoxy) is 2. The molecular formula is C33H39NO3. The highest BCUT2D eigenvalue weighted by atomic mass is 16.5. The van der Waals surface area contributed by atoms with Gasteiger partial charge in [0.25, 0.3) is 0 Å². The zero-order chi connectivity index (χ0) is 26.3. The van der Waals surface area contributed by atoms with Gasteiger partial charge in [-0.2, -0.15) is 5.26 Å². The molecule has 0 heterocycles. The summed E-state index contributed by atoms with van der Waals surface area (Å²) in [6.07, 6.45) is 11.8. The van der Waals surface area contributed by atoms with E-state index in [1.807, 2.05) is 54.6 Å². The maximum atomic E-state index is 12.6. The van der Waals surface area contributed by atoms with Crippen molar-refractivity contribution in [3.05, 3.63) is 83.4 Å². The zero-order valence-corrected chi connectivity index (χ0v) is 22.3. The number of rotatable bonds is 15. The molecule has 0 saturated heterocycles. The van der Waals surface area contributed by atoms with Crippen molar-refractivity contribution in [3.8, 4) is 28.7 Å². The van der Waals surface area contributed by atoms with Gasteiger partial charge in [-0.15, -0.1) is 0 Å². The number of unbranched alkanes of at least 4 members (excludes halogenated alkanes) is 7. The van der Waals surface area contributed by atoms with E-state index in [1.165, 1.54) is 50.5 Å². The second kappa shape index (κ2) is 15.5. The van der Waals surface area contributed by atoms with Crippen LogP contribution in [0.25, 0.3) is 11.1 Å². The van der Waals surface area contributed by atoms with Crippen LogP contribution in [0.4, 0.5) is 0 Å². The van der Waals surface area contributed by atoms with E-state index in [9.17, 15) is 10.1 Å². The molecule has 0 spiro atoms. The molecule has 0 aliphatic rings. The Kier molecular flexibility index (Phi) is 11.7. The molecule has 0 N–H and O–H groups in total. The lowest BCUT2D eigenvalue weighted by molar-refractivity contribution is 0.0734. The maximum Gasteiger partial charge on any atom is 0.343 e. The number of hydrogen-bond acceptors (Lipinski definition) is 4. The third-order valence-electron chi connectivity index (χ3n) is 6.51. The third kappa shape index (κ3) is 9.10. The van der Waals surface area contributed by atoms with E-state index in [2.05, 4.69) is 19.9 Å². The van der Waals surface area contributed by atoms with Gasteiger partial charge in [0.1, 0.15) is 17.6 Å². The van der Waals surface area contributed by atoms with Crippen molar-refractivity contribution in [2.45, 2.75) is 78.1 Å². The molecule has 0 saturated carbocycles. The lowest BCUT2D eigenvalue weighted by atomic mass is 10.0. The van der Waals surface area contributed by atoms with Crippen LogP contribution in [0.5, 0.6) is 11.5 Å². The quantitative estimate of drug-likeness (QED) is 0.119. The van der Waals surface area contributed by atoms with Crippen LogP contribution in [0, 0.1) is 11.3 Å². The van der Waals surface area contributed by atoms with Crippen LogP contribution in [0.1, 0.15) is 93.1 Å². The van der Waals surface area contributed by atoms with Crippen LogP contribution < -0.4 is 9.47 Å². The van der Waals surface area contributed by atoms with Gasteiger partial charge in [0.2, 0.25) is 0 Å². The van der Waals surface area contributed by atoms with Gasteiger partial charge < -0.3 is 9.47 Å². The van der Waals surface area contributed by atoms with Crippen LogP contribution in [0.3, 0.4) is 0 Å². The third-order valence-corrected chi connectivity index (χ3v) is 6.51. The number of hydrogen-bond donors (Lipinski definition) is 0. The van der Waals surface area contributed by atoms with Gasteiger partial charge in [0.05, 0.1) is 17.7 Å². The Hall–Kier alpha value is -3.58. The molecule has 0 atom stereocenters. The van der Waals surface area contributed by atoms with E-state index >= 15 is 0 Å². The molecule has 0 aliphatic heterocycles. The predicted octanol–water partition coefficient (Wildman–Crippen LogP) is 8.92. The maximum absolute atomic E-state index is 12.6. The van der Waals surface area contributed by atoms with Crippen LogP contribution >= 0.6 is 0 Å². The average molecular weight is 498 g/mol. The van der Waals surface area contributed by atoms with Crippen LogP contribution in [-0.4, -0.2) is 12.6 Å². The molecule has 0 aliphatic carbocycles. The highest BCUT2D eigenvalue weighted by Crippen LogP contribution is 2.27. The van der Waals surface area contributed by atoms with Gasteiger partial charge >= 0.3 is 5.97 Å². The first-order valence-corrected chi connectivity index (χ1v) is 13.7. The van der Waals surface area contributed by atoms with E-state index in [-0.39, 0.29) is 5.97 Å². The Labute approximate surface area is 222 Å². The molecule has 0 unspecified atom stereocenters. The fourth-order valence-electron chi connectivity index (χ4n) is 4.26. The summed E-state index contributed by atoms with van der Waals surface area (Å²) in [7, 11) is 0. The minimum atomic E-state index is -0.388. The summed E-state index contributed by atoms with van der Waals surface area (Å²) < 4.78 is 11.4. The van der Waals surface area contributed by atoms with Crippen molar-refractivity contribution in [3.63, 3.8) is 0 Å². The number of carbonyl (C=O) groups is 1. The van der Waals surface area contributed by atoms with Gasteiger partial charge in [0, 0.05) is 0 Å². The molecule has 4 heteroatoms. The first-order valence-electron chi connectivity index (χ1n) is 13.7. The number of benzene rings is 3. The van der Waals surface area contributed by atoms with Crippen molar-refractivity contribution in [1.29, 1.82) is 5.26 Å². The predicted molar refractivity (Wildman–Crippen MR) is 150 cm³/mol. The first kappa shape index (κ1) is 28.0. The van der Waals surface area contributed by atoms with E-state index < -0.39 is 0 Å². The number of esters is 1. The molecule has 3 aromatic rings. The minimum Gasteiger partial charge on any atom is -0.492 e. The van der Waals surface area contributed by atoms with Crippen molar-refractivity contribution in [2.24, 2.45) is 0 Å². The lowest BCUT2D eigenvalue weighted by Gasteiger charge is -2.10. The molecule has 3 rings (SSSR count). The Morgan fingerprint density at radius 3 is 2.11 bits per heavy atom. The molecule has 3 aromatic carbocycles. The monoisotopic (exact) mass is 497 g/mol. The topological polar surface area (TPSA) is 59.3 Å². The number of nitrogens with zero attached hydrogens (tertiary/aromatic N) is 1. The van der Waals surface area contributed by atoms with Gasteiger partial charge in [0.15, 0.2) is 0 Å². The zero-order valence-electron chi connectivity index (χ0n) is 22.3. The van der Waals surface area contributed by atoms with Gasteiger partial charge in [-0.3, -0.25) is 0 Å². The van der Waals surface area contributed by atoms with E-state index in [1.54, 1.807) is 12.1 Å². The van der Waals surface area contributed by atoms with Crippen LogP contribution in [0.15, 0.2) is 66.7 Å². The van der Waals surface area contributed by atoms with Crippen molar-refractivity contribution in [2.75, 3.05) is 6.61 Å². The van der Waals surface area contributed by atoms with Gasteiger partial charge in [-0.05, 0) is 72.4 Å². The smallest absolute Gasteiger partial charge is 0.343 e. The molecule has 0 radical (unpaired) electrons. The van der Waals surface area contributed by atoms with E-state index in [0.717, 1.165) is 30.4 Å². The fourth-order valence-corrected chi connectivity index (χ4v) is 4.26. The summed E-state index contributed by atoms with van der Waals surface area (Å²) in [5.74, 6) is 0.779. The highest BCUT2D eigenvalue weighted by molar-refractivity contribution is 5.91. The molecule has 0 amide bonds. The second-order valence-corrected chi connectivity index (χ2v) is 9.51. The molecule has 4 nitrogen and oxygen atoms in total. The summed E-state index contributed by atoms with van der Waals surface area (Å²) >= 11 is 0. The molecule has 0 bridgehead atoms. The second-order valence-electron chi connectivity index (χ2n) is 9.51. The average Bonchev–Trinajstić information content (AvgIpc) is 2.93. The van der Waals surface area contributed by atoms with Crippen molar-refractivity contribution >= 4 is 5.97 Å². The molecule has 194 valence electrons. The number of nitriles is 1. The van der Waals surface area contributed by atoms with E-state index in [0.29, 0.717) is 29.2 Å². The molecule has 0 fully saturated rings. The minimum absolute atomic E-state index is 0.388. The Morgan fingerprint density at radius 1 is 0.757 bits per heavy atom. The van der Waals surface area contributed by atoms with Gasteiger partial charge in [-0.25, -0.2) is 4.79 Å². The van der Waals surface area contributed by atoms with Crippen molar-refractivity contribution in [1.82, 2.24) is 0 Å². The lowest BCUT2D eigenvalue weighted by Crippen LogP contribution is -2.08. The summed E-state index contributed by atoms with van der Waals surface area (Å²) in [5, 5.41) is 9.63. The summed E-state index contributed by atoms with van der Waals surface area (Å²) in [4.78, 5) is 12.6. The molecule has 0 aromatic heterocycles. The van der Waals surface area contributed by atoms with Gasteiger partial charge in [-0.1, -0.05) is 89.1 Å². The number of aryl methyl sites for hydroxylation is 1. The fraction of sp³-hybridized carbons (Fsp3) is 0.394. The van der Waals surface area contributed by atoms with Crippen LogP contribution in [0.2, 0.25) is 0 Å². The highest BCUT2D eigenvalue weighted by Gasteiger charge is 2.11. The normalized spacial score (nSPS) is 10.6. The summed E-state index contributed by atoms with van der Waals surface area (Å²) in [6.45, 7) is 5.04. The summed E-state index contributed by atoms with van der Waals surface area (Å²) in [6, 6.07) is 22.9. The number of carbonyl (C=O) groups excluding carboxylic acids is 1. The molecular weight excluding hydrogens is 458 g/mol. The van der Waals surface area contributed by atoms with E-state index in [4.69, 9.17) is 9.47 Å². The Balaban J connectivity index is 1.55. The van der Waals surface area contributed by atoms with Crippen LogP contribution in [-0.2, 0) is 6.42 Å². The standard InChI is InChI=1S/C33H39NO3/c1-3-5-7-8-9-11-23-36-32-22-19-29(24-30(32)25-34)27-15-17-28(18-16-27)33(35)37-31-20-13-26(14-21-31)12-10-6-4-2/h13-22,24H,3-12,23H2,1-2H3. The largest absolute Gasteiger partial charge is 0.492 e. The Morgan fingerprint density at radius 2 is 1.41 bits per heavy atom. The molecule has 37 heavy (non-hydrogen) atoms. The SMILES string of the molecule is CCCCCCCCOc1ccc(-c2ccc(C(=O)Oc3ccc(CCCCC)cc3)cc2)cc1C#N. The van der Waals surface area contributed by atoms with Crippen molar-refractivity contribution < 1.29 is 14.3 Å². The first-order chi connectivity index (χ1) is 18.1. The summed E-state index contributed by atoms with van der Waals surface area (Å²) in [5.41, 5.74) is 4.09. The Bertz CT molecular complexity index is 1140.